The molecule has 1 aromatic rings. The molecule has 0 aliphatic carbocycles. The third-order valence-corrected chi connectivity index (χ3v) is 4.55. The summed E-state index contributed by atoms with van der Waals surface area (Å²) in [6.45, 7) is 0.754. The fourth-order valence-electron chi connectivity index (χ4n) is 3.09. The first kappa shape index (κ1) is 22.0. The van der Waals surface area contributed by atoms with E-state index >= 15 is 0 Å². The molecule has 0 bridgehead atoms. The maximum absolute atomic E-state index is 12.6. The van der Waals surface area contributed by atoms with Gasteiger partial charge in [0.1, 0.15) is 18.7 Å². The number of ether oxygens (including phenoxy) is 1. The summed E-state index contributed by atoms with van der Waals surface area (Å²) in [5.41, 5.74) is 11.3. The summed E-state index contributed by atoms with van der Waals surface area (Å²) >= 11 is 0. The lowest BCUT2D eigenvalue weighted by Gasteiger charge is -2.25. The number of rotatable bonds is 9. The van der Waals surface area contributed by atoms with E-state index in [9.17, 15) is 19.5 Å². The van der Waals surface area contributed by atoms with Crippen LogP contribution in [0.5, 0.6) is 0 Å². The fraction of sp³-hybridized carbons (Fsp3) is 0.474. The number of amides is 2. The summed E-state index contributed by atoms with van der Waals surface area (Å²) in [6, 6.07) is 7.38. The highest BCUT2D eigenvalue weighted by Crippen LogP contribution is 2.19. The summed E-state index contributed by atoms with van der Waals surface area (Å²) in [6.07, 6.45) is 1.06. The quantitative estimate of drug-likeness (QED) is 0.263. The number of benzene rings is 1. The molecular formula is C19H27N5O5. The molecule has 1 aliphatic rings. The highest BCUT2D eigenvalue weighted by molar-refractivity contribution is 5.89. The van der Waals surface area contributed by atoms with Gasteiger partial charge in [0.25, 0.3) is 0 Å². The number of nitrogens with two attached hydrogens (primary N) is 2. The molecule has 10 nitrogen and oxygen atoms in total. The molecule has 1 aliphatic heterocycles. The molecule has 10 heteroatoms. The Morgan fingerprint density at radius 3 is 2.66 bits per heavy atom. The molecule has 0 radical (unpaired) electrons. The number of nitrogens with zero attached hydrogens (tertiary/aromatic N) is 2. The maximum atomic E-state index is 12.6. The molecule has 6 N–H and O–H groups in total. The van der Waals surface area contributed by atoms with Crippen molar-refractivity contribution in [1.29, 1.82) is 0 Å². The van der Waals surface area contributed by atoms with Crippen LogP contribution in [0.25, 0.3) is 0 Å². The molecule has 1 saturated heterocycles. The van der Waals surface area contributed by atoms with E-state index in [1.165, 1.54) is 4.90 Å². The van der Waals surface area contributed by atoms with Crippen molar-refractivity contribution in [3.63, 3.8) is 0 Å². The van der Waals surface area contributed by atoms with Crippen molar-refractivity contribution in [3.05, 3.63) is 35.9 Å². The minimum atomic E-state index is -1.15. The van der Waals surface area contributed by atoms with Crippen molar-refractivity contribution in [1.82, 2.24) is 10.2 Å². The van der Waals surface area contributed by atoms with Crippen LogP contribution in [0.4, 0.5) is 4.79 Å². The second-order valence-electron chi connectivity index (χ2n) is 6.74. The van der Waals surface area contributed by atoms with Gasteiger partial charge in [-0.15, -0.1) is 0 Å². The van der Waals surface area contributed by atoms with E-state index in [1.54, 1.807) is 0 Å². The number of hydrogen-bond acceptors (Lipinski definition) is 5. The summed E-state index contributed by atoms with van der Waals surface area (Å²) in [4.78, 5) is 41.6. The van der Waals surface area contributed by atoms with Crippen molar-refractivity contribution >= 4 is 23.9 Å². The van der Waals surface area contributed by atoms with Gasteiger partial charge >= 0.3 is 12.1 Å². The highest BCUT2D eigenvalue weighted by atomic mass is 16.6. The summed E-state index contributed by atoms with van der Waals surface area (Å²) in [7, 11) is 0. The van der Waals surface area contributed by atoms with Gasteiger partial charge in [-0.2, -0.15) is 0 Å². The number of carbonyl (C=O) groups is 3. The molecule has 1 aromatic carbocycles. The number of guanidine groups is 1. The first-order valence-electron chi connectivity index (χ1n) is 9.44. The molecule has 2 amide bonds. The first-order valence-corrected chi connectivity index (χ1v) is 9.44. The van der Waals surface area contributed by atoms with E-state index in [0.29, 0.717) is 25.8 Å². The van der Waals surface area contributed by atoms with Crippen LogP contribution in [0.2, 0.25) is 0 Å². The largest absolute Gasteiger partial charge is 0.480 e. The number of hydrogen-bond donors (Lipinski definition) is 4. The van der Waals surface area contributed by atoms with Gasteiger partial charge in [-0.05, 0) is 31.2 Å². The molecule has 0 unspecified atom stereocenters. The van der Waals surface area contributed by atoms with E-state index in [-0.39, 0.29) is 25.5 Å². The molecule has 0 spiro atoms. The lowest BCUT2D eigenvalue weighted by atomic mass is 10.1. The lowest BCUT2D eigenvalue weighted by Crippen LogP contribution is -2.51. The zero-order valence-corrected chi connectivity index (χ0v) is 16.1. The van der Waals surface area contributed by atoms with Crippen LogP contribution in [-0.2, 0) is 20.9 Å². The fourth-order valence-corrected chi connectivity index (χ4v) is 3.09. The average molecular weight is 405 g/mol. The van der Waals surface area contributed by atoms with Crippen LogP contribution in [0.3, 0.4) is 0 Å². The van der Waals surface area contributed by atoms with Crippen molar-refractivity contribution in [2.75, 3.05) is 13.1 Å². The van der Waals surface area contributed by atoms with Crippen LogP contribution in [0.1, 0.15) is 31.2 Å². The van der Waals surface area contributed by atoms with Crippen LogP contribution in [0, 0.1) is 0 Å². The zero-order valence-electron chi connectivity index (χ0n) is 16.1. The second kappa shape index (κ2) is 10.9. The standard InChI is InChI=1S/C19H27N5O5/c20-18(21)22-10-4-8-14(17(26)27)23-16(25)15-9-5-11-24(15)19(28)29-12-13-6-2-1-3-7-13/h1-3,6-7,14-15H,4-5,8-12H2,(H,23,25)(H,26,27)(H4,20,21,22)/t14-,15+/m0/s1. The van der Waals surface area contributed by atoms with Gasteiger partial charge in [0.15, 0.2) is 5.96 Å². The Hall–Kier alpha value is -3.30. The predicted molar refractivity (Wildman–Crippen MR) is 106 cm³/mol. The van der Waals surface area contributed by atoms with Gasteiger partial charge in [0.2, 0.25) is 5.91 Å². The number of likely N-dealkylation sites (tertiary alicyclic amines) is 1. The van der Waals surface area contributed by atoms with Gasteiger partial charge < -0.3 is 26.6 Å². The Bertz CT molecular complexity index is 736. The van der Waals surface area contributed by atoms with Crippen LogP contribution >= 0.6 is 0 Å². The molecule has 1 fully saturated rings. The second-order valence-corrected chi connectivity index (χ2v) is 6.74. The van der Waals surface area contributed by atoms with Crippen molar-refractivity contribution in [2.45, 2.75) is 44.4 Å². The molecule has 2 atom stereocenters. The number of carboxylic acid groups (broad SMARTS) is 1. The summed E-state index contributed by atoms with van der Waals surface area (Å²) in [5.74, 6) is -1.73. The molecule has 0 aromatic heterocycles. The van der Waals surface area contributed by atoms with Crippen molar-refractivity contribution in [2.24, 2.45) is 16.5 Å². The number of carbonyl (C=O) groups excluding carboxylic acids is 2. The predicted octanol–water partition coefficient (Wildman–Crippen LogP) is 0.411. The third-order valence-electron chi connectivity index (χ3n) is 4.55. The van der Waals surface area contributed by atoms with E-state index in [2.05, 4.69) is 10.3 Å². The normalized spacial score (nSPS) is 16.7. The maximum Gasteiger partial charge on any atom is 0.410 e. The Morgan fingerprint density at radius 1 is 1.28 bits per heavy atom. The topological polar surface area (TPSA) is 160 Å². The number of nitrogens with one attached hydrogen (secondary N) is 1. The van der Waals surface area contributed by atoms with Crippen LogP contribution in [-0.4, -0.2) is 59.1 Å². The third kappa shape index (κ3) is 6.98. The Kier molecular flexibility index (Phi) is 8.26. The van der Waals surface area contributed by atoms with E-state index in [0.717, 1.165) is 5.56 Å². The SMILES string of the molecule is NC(N)=NCCC[C@H](NC(=O)[C@H]1CCCN1C(=O)OCc1ccccc1)C(=O)O. The smallest absolute Gasteiger partial charge is 0.410 e. The minimum Gasteiger partial charge on any atom is -0.480 e. The average Bonchev–Trinajstić information content (AvgIpc) is 3.19. The molecule has 158 valence electrons. The molecule has 1 heterocycles. The molecule has 2 rings (SSSR count). The molecule has 29 heavy (non-hydrogen) atoms. The molecular weight excluding hydrogens is 378 g/mol. The number of aliphatic imine (C=N–C) groups is 1. The lowest BCUT2D eigenvalue weighted by molar-refractivity contribution is -0.142. The van der Waals surface area contributed by atoms with Gasteiger partial charge in [0.05, 0.1) is 0 Å². The highest BCUT2D eigenvalue weighted by Gasteiger charge is 2.36. The minimum absolute atomic E-state index is 0.0727. The van der Waals surface area contributed by atoms with Gasteiger partial charge in [0, 0.05) is 13.1 Å². The number of carboxylic acids is 1. The monoisotopic (exact) mass is 405 g/mol. The Morgan fingerprint density at radius 2 is 2.00 bits per heavy atom. The Labute approximate surface area is 168 Å². The zero-order chi connectivity index (χ0) is 21.2. The first-order chi connectivity index (χ1) is 13.9. The van der Waals surface area contributed by atoms with E-state index in [4.69, 9.17) is 16.2 Å². The summed E-state index contributed by atoms with van der Waals surface area (Å²) < 4.78 is 5.30. The van der Waals surface area contributed by atoms with Crippen molar-refractivity contribution in [3.8, 4) is 0 Å². The van der Waals surface area contributed by atoms with Crippen LogP contribution in [0.15, 0.2) is 35.3 Å². The summed E-state index contributed by atoms with van der Waals surface area (Å²) in [5, 5.41) is 11.9. The van der Waals surface area contributed by atoms with Gasteiger partial charge in [-0.1, -0.05) is 30.3 Å². The van der Waals surface area contributed by atoms with E-state index in [1.807, 2.05) is 30.3 Å². The Balaban J connectivity index is 1.89. The van der Waals surface area contributed by atoms with Crippen molar-refractivity contribution < 1.29 is 24.2 Å². The molecule has 0 saturated carbocycles. The van der Waals surface area contributed by atoms with Crippen LogP contribution < -0.4 is 16.8 Å². The van der Waals surface area contributed by atoms with Gasteiger partial charge in [-0.25, -0.2) is 9.59 Å². The van der Waals surface area contributed by atoms with Gasteiger partial charge in [-0.3, -0.25) is 14.7 Å². The number of aliphatic carboxylic acids is 1. The van der Waals surface area contributed by atoms with E-state index < -0.39 is 30.1 Å².